The van der Waals surface area contributed by atoms with Crippen LogP contribution >= 0.6 is 0 Å². The van der Waals surface area contributed by atoms with Gasteiger partial charge in [-0.2, -0.15) is 0 Å². The number of carbonyl (C=O) groups excluding carboxylic acids is 2. The Kier molecular flexibility index (Phi) is 7.98. The third-order valence-corrected chi connectivity index (χ3v) is 9.24. The van der Waals surface area contributed by atoms with Gasteiger partial charge >= 0.3 is 12.1 Å². The average Bonchev–Trinajstić information content (AvgIpc) is 3.49. The Hall–Kier alpha value is -4.17. The van der Waals surface area contributed by atoms with Crippen LogP contribution in [-0.2, 0) is 20.9 Å². The number of carboxylic acids is 1. The van der Waals surface area contributed by atoms with Crippen LogP contribution in [0.1, 0.15) is 41.9 Å². The van der Waals surface area contributed by atoms with Crippen LogP contribution < -0.4 is 10.6 Å². The molecule has 3 aliphatic carbocycles. The largest absolute Gasteiger partial charge is 0.480 e. The fourth-order valence-electron chi connectivity index (χ4n) is 7.14. The molecule has 0 heterocycles. The van der Waals surface area contributed by atoms with Crippen LogP contribution in [0.15, 0.2) is 78.9 Å². The first kappa shape index (κ1) is 28.0. The van der Waals surface area contributed by atoms with Crippen molar-refractivity contribution in [2.45, 2.75) is 43.8 Å². The van der Waals surface area contributed by atoms with Crippen molar-refractivity contribution in [1.82, 2.24) is 15.5 Å². The van der Waals surface area contributed by atoms with Crippen LogP contribution in [0.25, 0.3) is 11.1 Å². The van der Waals surface area contributed by atoms with E-state index in [1.807, 2.05) is 66.5 Å². The maximum absolute atomic E-state index is 13.1. The minimum Gasteiger partial charge on any atom is -0.480 e. The van der Waals surface area contributed by atoms with Crippen molar-refractivity contribution in [3.8, 4) is 11.1 Å². The molecule has 0 aliphatic heterocycles. The second-order valence-electron chi connectivity index (χ2n) is 12.0. The molecule has 5 unspecified atom stereocenters. The van der Waals surface area contributed by atoms with Crippen LogP contribution in [-0.4, -0.2) is 60.3 Å². The third-order valence-electron chi connectivity index (χ3n) is 9.24. The predicted octanol–water partition coefficient (Wildman–Crippen LogP) is 4.64. The number of aliphatic carboxylic acids is 1. The number of hydrogen-bond donors (Lipinski definition) is 3. The molecule has 0 bridgehead atoms. The van der Waals surface area contributed by atoms with Crippen molar-refractivity contribution in [3.05, 3.63) is 95.6 Å². The zero-order chi connectivity index (χ0) is 29.2. The fraction of sp³-hybridized carbons (Fsp3) is 0.382. The van der Waals surface area contributed by atoms with Gasteiger partial charge in [0.25, 0.3) is 0 Å². The first-order chi connectivity index (χ1) is 20.4. The number of carboxylic acid groups (broad SMARTS) is 1. The van der Waals surface area contributed by atoms with Gasteiger partial charge in [-0.3, -0.25) is 9.69 Å². The fourth-order valence-corrected chi connectivity index (χ4v) is 7.14. The summed E-state index contributed by atoms with van der Waals surface area (Å²) in [5, 5.41) is 15.6. The van der Waals surface area contributed by atoms with Gasteiger partial charge in [0.2, 0.25) is 5.91 Å². The predicted molar refractivity (Wildman–Crippen MR) is 159 cm³/mol. The number of nitrogens with zero attached hydrogens (tertiary/aromatic N) is 1. The van der Waals surface area contributed by atoms with Crippen molar-refractivity contribution in [2.75, 3.05) is 20.2 Å². The Balaban J connectivity index is 0.981. The number of amides is 2. The van der Waals surface area contributed by atoms with Gasteiger partial charge in [-0.05, 0) is 66.0 Å². The maximum Gasteiger partial charge on any atom is 0.407 e. The van der Waals surface area contributed by atoms with Gasteiger partial charge in [0.1, 0.15) is 12.6 Å². The number of rotatable bonds is 10. The molecule has 0 aromatic heterocycles. The minimum absolute atomic E-state index is 0.00534. The van der Waals surface area contributed by atoms with Gasteiger partial charge in [-0.25, -0.2) is 9.59 Å². The number of ether oxygens (including phenoxy) is 1. The number of benzene rings is 3. The van der Waals surface area contributed by atoms with Crippen molar-refractivity contribution < 1.29 is 24.2 Å². The summed E-state index contributed by atoms with van der Waals surface area (Å²) in [4.78, 5) is 39.7. The number of likely N-dealkylation sites (N-methyl/N-ethyl adjacent to an activating group) is 1. The van der Waals surface area contributed by atoms with Crippen molar-refractivity contribution >= 4 is 18.0 Å². The molecule has 6 rings (SSSR count). The van der Waals surface area contributed by atoms with Crippen LogP contribution in [0, 0.1) is 17.8 Å². The number of hydrogen-bond acceptors (Lipinski definition) is 5. The van der Waals surface area contributed by atoms with Gasteiger partial charge in [0, 0.05) is 31.0 Å². The van der Waals surface area contributed by atoms with E-state index in [2.05, 4.69) is 34.9 Å². The van der Waals surface area contributed by atoms with Gasteiger partial charge in [0.15, 0.2) is 0 Å². The first-order valence-electron chi connectivity index (χ1n) is 14.7. The molecule has 2 fully saturated rings. The molecule has 8 heteroatoms. The van der Waals surface area contributed by atoms with Crippen LogP contribution in [0.4, 0.5) is 4.79 Å². The first-order valence-corrected chi connectivity index (χ1v) is 14.7. The molecule has 2 saturated carbocycles. The summed E-state index contributed by atoms with van der Waals surface area (Å²) in [5.41, 5.74) is 5.80. The van der Waals surface area contributed by atoms with E-state index in [0.717, 1.165) is 12.0 Å². The Morgan fingerprint density at radius 1 is 0.905 bits per heavy atom. The van der Waals surface area contributed by atoms with Gasteiger partial charge in [-0.15, -0.1) is 0 Å². The maximum atomic E-state index is 13.1. The molecule has 218 valence electrons. The highest BCUT2D eigenvalue weighted by Gasteiger charge is 2.50. The van der Waals surface area contributed by atoms with Crippen LogP contribution in [0.5, 0.6) is 0 Å². The Bertz CT molecular complexity index is 1410. The lowest BCUT2D eigenvalue weighted by Crippen LogP contribution is -2.50. The molecular weight excluding hydrogens is 530 g/mol. The lowest BCUT2D eigenvalue weighted by Gasteiger charge is -2.40. The molecule has 42 heavy (non-hydrogen) atoms. The number of fused-ring (bicyclic) bond motifs is 4. The third kappa shape index (κ3) is 5.77. The summed E-state index contributed by atoms with van der Waals surface area (Å²) in [6.45, 7) is 1.07. The standard InChI is InChI=1S/C34H37N3O5/c1-37(18-21-9-3-2-4-10-21)19-31(33(39)40)35-32(38)23-15-22-17-30(28(22)16-23)36-34(41)42-20-29-26-13-7-5-11-24(26)25-12-6-8-14-27(25)29/h2-14,22-23,28-31H,15-20H2,1H3,(H,35,38)(H,36,41)(H,39,40). The molecule has 3 N–H and O–H groups in total. The normalized spacial score (nSPS) is 22.8. The van der Waals surface area contributed by atoms with E-state index in [1.54, 1.807) is 0 Å². The lowest BCUT2D eigenvalue weighted by atomic mass is 9.71. The second-order valence-corrected chi connectivity index (χ2v) is 12.0. The summed E-state index contributed by atoms with van der Waals surface area (Å²) in [5.74, 6) is -0.959. The quantitative estimate of drug-likeness (QED) is 0.330. The zero-order valence-corrected chi connectivity index (χ0v) is 23.7. The zero-order valence-electron chi connectivity index (χ0n) is 23.7. The highest BCUT2D eigenvalue weighted by atomic mass is 16.5. The van der Waals surface area contributed by atoms with E-state index < -0.39 is 18.1 Å². The summed E-state index contributed by atoms with van der Waals surface area (Å²) in [6.07, 6.45) is 1.73. The lowest BCUT2D eigenvalue weighted by molar-refractivity contribution is -0.143. The summed E-state index contributed by atoms with van der Waals surface area (Å²) < 4.78 is 5.73. The molecule has 0 spiro atoms. The van der Waals surface area contributed by atoms with E-state index >= 15 is 0 Å². The van der Waals surface area contributed by atoms with Crippen molar-refractivity contribution in [3.63, 3.8) is 0 Å². The van der Waals surface area contributed by atoms with Gasteiger partial charge in [0.05, 0.1) is 0 Å². The van der Waals surface area contributed by atoms with Crippen molar-refractivity contribution in [2.24, 2.45) is 17.8 Å². The van der Waals surface area contributed by atoms with E-state index in [4.69, 9.17) is 4.74 Å². The van der Waals surface area contributed by atoms with E-state index in [9.17, 15) is 19.5 Å². The molecule has 5 atom stereocenters. The Labute approximate surface area is 246 Å². The van der Waals surface area contributed by atoms with Crippen molar-refractivity contribution in [1.29, 1.82) is 0 Å². The SMILES string of the molecule is CN(Cc1ccccc1)CC(NC(=O)C1CC2CC(NC(=O)OCC3c4ccccc4-c4ccccc43)C2C1)C(=O)O. The number of alkyl carbamates (subject to hydrolysis) is 1. The van der Waals surface area contributed by atoms with Gasteiger partial charge < -0.3 is 20.5 Å². The smallest absolute Gasteiger partial charge is 0.407 e. The van der Waals surface area contributed by atoms with E-state index in [1.165, 1.54) is 22.3 Å². The minimum atomic E-state index is -1.04. The highest BCUT2D eigenvalue weighted by molar-refractivity contribution is 5.85. The van der Waals surface area contributed by atoms with Crippen LogP contribution in [0.3, 0.4) is 0 Å². The molecule has 0 saturated heterocycles. The molecule has 3 aromatic carbocycles. The Morgan fingerprint density at radius 2 is 1.55 bits per heavy atom. The molecule has 8 nitrogen and oxygen atoms in total. The monoisotopic (exact) mass is 567 g/mol. The van der Waals surface area contributed by atoms with E-state index in [-0.39, 0.29) is 42.9 Å². The van der Waals surface area contributed by atoms with Crippen LogP contribution in [0.2, 0.25) is 0 Å². The molecular formula is C34H37N3O5. The molecule has 3 aliphatic rings. The summed E-state index contributed by atoms with van der Waals surface area (Å²) >= 11 is 0. The Morgan fingerprint density at radius 3 is 2.21 bits per heavy atom. The number of carbonyl (C=O) groups is 3. The van der Waals surface area contributed by atoms with E-state index in [0.29, 0.717) is 25.3 Å². The highest BCUT2D eigenvalue weighted by Crippen LogP contribution is 2.50. The average molecular weight is 568 g/mol. The summed E-state index contributed by atoms with van der Waals surface area (Å²) in [7, 11) is 1.85. The summed E-state index contributed by atoms with van der Waals surface area (Å²) in [6, 6.07) is 25.3. The number of nitrogens with one attached hydrogen (secondary N) is 2. The van der Waals surface area contributed by atoms with Gasteiger partial charge in [-0.1, -0.05) is 78.9 Å². The molecule has 2 amide bonds. The molecule has 3 aromatic rings. The molecule has 0 radical (unpaired) electrons. The second kappa shape index (κ2) is 12.0. The topological polar surface area (TPSA) is 108 Å².